The lowest BCUT2D eigenvalue weighted by molar-refractivity contribution is 0.419. The lowest BCUT2D eigenvalue weighted by atomic mass is 10.6. The molecule has 0 fully saturated rings. The van der Waals surface area contributed by atoms with Crippen LogP contribution in [-0.4, -0.2) is 14.0 Å². The molecule has 50 valence electrons. The zero-order valence-corrected chi connectivity index (χ0v) is 7.75. The predicted octanol–water partition coefficient (Wildman–Crippen LogP) is 2.46. The van der Waals surface area contributed by atoms with Crippen LogP contribution in [0.4, 0.5) is 0 Å². The Morgan fingerprint density at radius 3 is 1.75 bits per heavy atom. The third-order valence-electron chi connectivity index (χ3n) is 0.944. The highest BCUT2D eigenvalue weighted by Crippen LogP contribution is 2.28. The summed E-state index contributed by atoms with van der Waals surface area (Å²) in [7, 11) is 1.55. The standard InChI is InChI=1S/C4H10Cl2OSi/c1-4(2)8(5,6)7-3/h4H,1-3H3. The van der Waals surface area contributed by atoms with Gasteiger partial charge in [-0.2, -0.15) is 0 Å². The second kappa shape index (κ2) is 3.06. The normalized spacial score (nSPS) is 12.8. The Balaban J connectivity index is 3.71. The Labute approximate surface area is 60.5 Å². The van der Waals surface area contributed by atoms with Crippen molar-refractivity contribution in [3.63, 3.8) is 0 Å². The minimum absolute atomic E-state index is 0.260. The van der Waals surface area contributed by atoms with Crippen molar-refractivity contribution in [1.82, 2.24) is 0 Å². The van der Waals surface area contributed by atoms with E-state index in [0.29, 0.717) is 0 Å². The van der Waals surface area contributed by atoms with Gasteiger partial charge in [0.1, 0.15) is 0 Å². The van der Waals surface area contributed by atoms with Crippen LogP contribution in [0.15, 0.2) is 0 Å². The molecule has 0 aromatic heterocycles. The molecule has 0 N–H and O–H groups in total. The summed E-state index contributed by atoms with van der Waals surface area (Å²) in [5.41, 5.74) is 0.260. The highest BCUT2D eigenvalue weighted by atomic mass is 35.7. The van der Waals surface area contributed by atoms with Crippen molar-refractivity contribution in [1.29, 1.82) is 0 Å². The van der Waals surface area contributed by atoms with Crippen LogP contribution in [0.5, 0.6) is 0 Å². The second-order valence-corrected chi connectivity index (χ2v) is 8.56. The van der Waals surface area contributed by atoms with E-state index in [1.807, 2.05) is 13.8 Å². The average Bonchev–Trinajstić information content (AvgIpc) is 1.67. The molecule has 0 amide bonds. The van der Waals surface area contributed by atoms with E-state index in [2.05, 4.69) is 0 Å². The summed E-state index contributed by atoms with van der Waals surface area (Å²) in [6.45, 7) is 1.60. The maximum atomic E-state index is 5.74. The average molecular weight is 173 g/mol. The van der Waals surface area contributed by atoms with Crippen molar-refractivity contribution in [3.8, 4) is 0 Å². The van der Waals surface area contributed by atoms with Crippen LogP contribution >= 0.6 is 22.2 Å². The third kappa shape index (κ3) is 2.35. The maximum absolute atomic E-state index is 5.74. The van der Waals surface area contributed by atoms with E-state index in [-0.39, 0.29) is 5.54 Å². The van der Waals surface area contributed by atoms with Gasteiger partial charge in [-0.25, -0.2) is 0 Å². The molecule has 0 saturated heterocycles. The summed E-state index contributed by atoms with van der Waals surface area (Å²) in [5, 5.41) is 0. The van der Waals surface area contributed by atoms with E-state index < -0.39 is 6.94 Å². The van der Waals surface area contributed by atoms with E-state index in [4.69, 9.17) is 26.6 Å². The molecule has 0 aromatic carbocycles. The monoisotopic (exact) mass is 172 g/mol. The molecule has 0 aliphatic rings. The van der Waals surface area contributed by atoms with E-state index in [1.54, 1.807) is 7.11 Å². The minimum atomic E-state index is -2.31. The Morgan fingerprint density at radius 2 is 1.75 bits per heavy atom. The highest BCUT2D eigenvalue weighted by Gasteiger charge is 2.33. The van der Waals surface area contributed by atoms with E-state index in [0.717, 1.165) is 0 Å². The van der Waals surface area contributed by atoms with Gasteiger partial charge in [-0.3, -0.25) is 0 Å². The van der Waals surface area contributed by atoms with Crippen molar-refractivity contribution in [2.45, 2.75) is 19.4 Å². The molecule has 4 heteroatoms. The lowest BCUT2D eigenvalue weighted by Gasteiger charge is -2.16. The van der Waals surface area contributed by atoms with Gasteiger partial charge < -0.3 is 4.43 Å². The second-order valence-electron chi connectivity index (χ2n) is 1.92. The molecule has 0 bridgehead atoms. The van der Waals surface area contributed by atoms with Crippen molar-refractivity contribution in [3.05, 3.63) is 0 Å². The molecule has 0 unspecified atom stereocenters. The summed E-state index contributed by atoms with van der Waals surface area (Å²) >= 11 is 11.5. The fraction of sp³-hybridized carbons (Fsp3) is 1.00. The molecule has 0 rings (SSSR count). The fourth-order valence-electron chi connectivity index (χ4n) is 0.236. The molecule has 0 aliphatic heterocycles. The van der Waals surface area contributed by atoms with Crippen LogP contribution in [0.3, 0.4) is 0 Å². The first-order valence-electron chi connectivity index (χ1n) is 2.43. The molecule has 0 aliphatic carbocycles. The molecule has 1 nitrogen and oxygen atoms in total. The number of halogens is 2. The third-order valence-corrected chi connectivity index (χ3v) is 6.38. The van der Waals surface area contributed by atoms with Crippen molar-refractivity contribution in [2.75, 3.05) is 7.11 Å². The zero-order valence-electron chi connectivity index (χ0n) is 5.24. The van der Waals surface area contributed by atoms with Gasteiger partial charge in [0.15, 0.2) is 0 Å². The molecule has 0 aromatic rings. The number of hydrogen-bond donors (Lipinski definition) is 0. The van der Waals surface area contributed by atoms with Crippen molar-refractivity contribution >= 4 is 29.1 Å². The van der Waals surface area contributed by atoms with Crippen LogP contribution in [0.2, 0.25) is 5.54 Å². The van der Waals surface area contributed by atoms with Gasteiger partial charge in [0.05, 0.1) is 0 Å². The van der Waals surface area contributed by atoms with Gasteiger partial charge in [0.25, 0.3) is 0 Å². The summed E-state index contributed by atoms with van der Waals surface area (Å²) in [6, 6.07) is 0. The van der Waals surface area contributed by atoms with E-state index in [9.17, 15) is 0 Å². The fourth-order valence-corrected chi connectivity index (χ4v) is 0.707. The SMILES string of the molecule is CO[Si](Cl)(Cl)C(C)C. The van der Waals surface area contributed by atoms with Crippen LogP contribution in [0.25, 0.3) is 0 Å². The first-order valence-corrected chi connectivity index (χ1v) is 6.44. The maximum Gasteiger partial charge on any atom is 0.391 e. The first kappa shape index (κ1) is 8.76. The van der Waals surface area contributed by atoms with Crippen molar-refractivity contribution in [2.24, 2.45) is 0 Å². The van der Waals surface area contributed by atoms with Crippen LogP contribution in [0.1, 0.15) is 13.8 Å². The predicted molar refractivity (Wildman–Crippen MR) is 39.6 cm³/mol. The van der Waals surface area contributed by atoms with E-state index in [1.165, 1.54) is 0 Å². The zero-order chi connectivity index (χ0) is 6.78. The lowest BCUT2D eigenvalue weighted by Crippen LogP contribution is -2.26. The van der Waals surface area contributed by atoms with Gasteiger partial charge in [-0.1, -0.05) is 13.8 Å². The molecular formula is C4H10Cl2OSi. The van der Waals surface area contributed by atoms with Crippen molar-refractivity contribution < 1.29 is 4.43 Å². The van der Waals surface area contributed by atoms with Gasteiger partial charge in [0.2, 0.25) is 0 Å². The molecular weight excluding hydrogens is 163 g/mol. The Bertz CT molecular complexity index is 74.4. The largest absolute Gasteiger partial charge is 0.395 e. The highest BCUT2D eigenvalue weighted by molar-refractivity contribution is 7.42. The Kier molecular flexibility index (Phi) is 3.35. The molecule has 0 heterocycles. The minimum Gasteiger partial charge on any atom is -0.395 e. The van der Waals surface area contributed by atoms with Gasteiger partial charge in [-0.05, 0) is 5.54 Å². The Morgan fingerprint density at radius 1 is 1.38 bits per heavy atom. The van der Waals surface area contributed by atoms with E-state index >= 15 is 0 Å². The smallest absolute Gasteiger partial charge is 0.391 e. The van der Waals surface area contributed by atoms with Gasteiger partial charge >= 0.3 is 6.94 Å². The van der Waals surface area contributed by atoms with Crippen LogP contribution in [0, 0.1) is 0 Å². The molecule has 0 spiro atoms. The van der Waals surface area contributed by atoms with Gasteiger partial charge in [0, 0.05) is 7.11 Å². The molecule has 0 atom stereocenters. The van der Waals surface area contributed by atoms with Gasteiger partial charge in [-0.15, -0.1) is 22.2 Å². The summed E-state index contributed by atoms with van der Waals surface area (Å²) < 4.78 is 4.87. The Hall–Kier alpha value is 0.757. The van der Waals surface area contributed by atoms with Crippen LogP contribution < -0.4 is 0 Å². The first-order chi connectivity index (χ1) is 3.50. The van der Waals surface area contributed by atoms with Crippen LogP contribution in [-0.2, 0) is 4.43 Å². The molecule has 0 saturated carbocycles. The quantitative estimate of drug-likeness (QED) is 0.460. The summed E-state index contributed by atoms with van der Waals surface area (Å²) in [4.78, 5) is 0. The molecule has 0 radical (unpaired) electrons. The number of hydrogen-bond acceptors (Lipinski definition) is 1. The summed E-state index contributed by atoms with van der Waals surface area (Å²) in [5.74, 6) is 0. The molecule has 8 heavy (non-hydrogen) atoms. The number of rotatable bonds is 2. The summed E-state index contributed by atoms with van der Waals surface area (Å²) in [6.07, 6.45) is 0. The topological polar surface area (TPSA) is 9.23 Å².